The average molecular weight is 289 g/mol. The molecule has 1 aromatic carbocycles. The molecule has 1 N–H and O–H groups in total. The van der Waals surface area contributed by atoms with Crippen LogP contribution >= 0.6 is 0 Å². The van der Waals surface area contributed by atoms with Crippen molar-refractivity contribution in [3.05, 3.63) is 35.5 Å². The normalized spacial score (nSPS) is 18.8. The summed E-state index contributed by atoms with van der Waals surface area (Å²) in [4.78, 5) is 0. The zero-order valence-electron chi connectivity index (χ0n) is 12.0. The van der Waals surface area contributed by atoms with Crippen LogP contribution in [0.3, 0.4) is 0 Å². The van der Waals surface area contributed by atoms with Crippen LogP contribution in [0, 0.1) is 6.92 Å². The Bertz CT molecular complexity index is 585. The topological polar surface area (TPSA) is 64.7 Å². The summed E-state index contributed by atoms with van der Waals surface area (Å²) >= 11 is 0. The predicted molar refractivity (Wildman–Crippen MR) is 76.7 cm³/mol. The quantitative estimate of drug-likeness (QED) is 0.934. The lowest BCUT2D eigenvalue weighted by Crippen LogP contribution is -2.22. The first-order chi connectivity index (χ1) is 10.2. The third-order valence-electron chi connectivity index (χ3n) is 3.67. The van der Waals surface area contributed by atoms with Gasteiger partial charge in [-0.25, -0.2) is 0 Å². The minimum atomic E-state index is -0.138. The molecule has 21 heavy (non-hydrogen) atoms. The molecule has 1 aliphatic rings. The highest BCUT2D eigenvalue weighted by Gasteiger charge is 2.19. The van der Waals surface area contributed by atoms with Crippen molar-refractivity contribution >= 4 is 0 Å². The predicted octanol–water partition coefficient (Wildman–Crippen LogP) is 3.40. The average Bonchev–Trinajstić information content (AvgIpc) is 2.88. The highest BCUT2D eigenvalue weighted by molar-refractivity contribution is 5.62. The van der Waals surface area contributed by atoms with Crippen LogP contribution in [0.25, 0.3) is 11.3 Å². The fourth-order valence-electron chi connectivity index (χ4n) is 2.42. The zero-order chi connectivity index (χ0) is 14.7. The van der Waals surface area contributed by atoms with Crippen LogP contribution in [0.5, 0.6) is 5.75 Å². The summed E-state index contributed by atoms with van der Waals surface area (Å²) in [5, 5.41) is 13.4. The van der Waals surface area contributed by atoms with Crippen LogP contribution < -0.4 is 0 Å². The van der Waals surface area contributed by atoms with E-state index in [1.165, 1.54) is 0 Å². The maximum atomic E-state index is 9.36. The number of benzene rings is 1. The lowest BCUT2D eigenvalue weighted by atomic mass is 10.1. The Morgan fingerprint density at radius 3 is 2.81 bits per heavy atom. The number of ether oxygens (including phenoxy) is 2. The standard InChI is InChI=1S/C16H19NO4/c1-11-14(10-20-15-4-2-3-9-19-15)16(21-17-11)12-5-7-13(18)8-6-12/h5-8,15,18H,2-4,9-10H2,1H3. The van der Waals surface area contributed by atoms with Crippen molar-refractivity contribution in [1.29, 1.82) is 0 Å². The second-order valence-corrected chi connectivity index (χ2v) is 5.23. The van der Waals surface area contributed by atoms with Crippen LogP contribution in [0.15, 0.2) is 28.8 Å². The smallest absolute Gasteiger partial charge is 0.172 e. The van der Waals surface area contributed by atoms with Gasteiger partial charge < -0.3 is 19.1 Å². The van der Waals surface area contributed by atoms with Crippen LogP contribution in [-0.4, -0.2) is 23.2 Å². The number of aryl methyl sites for hydroxylation is 1. The summed E-state index contributed by atoms with van der Waals surface area (Å²) in [6, 6.07) is 6.86. The lowest BCUT2D eigenvalue weighted by molar-refractivity contribution is -0.168. The van der Waals surface area contributed by atoms with E-state index in [0.29, 0.717) is 12.4 Å². The van der Waals surface area contributed by atoms with Gasteiger partial charge in [0.05, 0.1) is 12.3 Å². The molecule has 3 rings (SSSR count). The van der Waals surface area contributed by atoms with E-state index in [0.717, 1.165) is 42.7 Å². The number of nitrogens with zero attached hydrogens (tertiary/aromatic N) is 1. The summed E-state index contributed by atoms with van der Waals surface area (Å²) in [5.41, 5.74) is 2.61. The van der Waals surface area contributed by atoms with Crippen molar-refractivity contribution < 1.29 is 19.1 Å². The van der Waals surface area contributed by atoms with Crippen molar-refractivity contribution in [3.63, 3.8) is 0 Å². The van der Waals surface area contributed by atoms with Crippen molar-refractivity contribution in [2.24, 2.45) is 0 Å². The first-order valence-electron chi connectivity index (χ1n) is 7.22. The summed E-state index contributed by atoms with van der Waals surface area (Å²) < 4.78 is 16.8. The molecule has 5 nitrogen and oxygen atoms in total. The molecule has 0 amide bonds. The molecule has 112 valence electrons. The van der Waals surface area contributed by atoms with Gasteiger partial charge in [-0.05, 0) is 50.5 Å². The highest BCUT2D eigenvalue weighted by Crippen LogP contribution is 2.29. The van der Waals surface area contributed by atoms with Crippen LogP contribution in [0.4, 0.5) is 0 Å². The van der Waals surface area contributed by atoms with E-state index in [1.807, 2.05) is 6.92 Å². The van der Waals surface area contributed by atoms with Crippen LogP contribution in [0.2, 0.25) is 0 Å². The van der Waals surface area contributed by atoms with E-state index in [4.69, 9.17) is 14.0 Å². The molecule has 0 spiro atoms. The van der Waals surface area contributed by atoms with Crippen molar-refractivity contribution in [2.45, 2.75) is 39.1 Å². The summed E-state index contributed by atoms with van der Waals surface area (Å²) in [7, 11) is 0. The molecule has 1 aliphatic heterocycles. The number of phenols is 1. The number of aromatic nitrogens is 1. The van der Waals surface area contributed by atoms with Gasteiger partial charge in [0.1, 0.15) is 5.75 Å². The largest absolute Gasteiger partial charge is 0.508 e. The third-order valence-corrected chi connectivity index (χ3v) is 3.67. The molecule has 0 saturated carbocycles. The molecule has 1 unspecified atom stereocenters. The Labute approximate surface area is 123 Å². The van der Waals surface area contributed by atoms with Crippen molar-refractivity contribution in [3.8, 4) is 17.1 Å². The SMILES string of the molecule is Cc1noc(-c2ccc(O)cc2)c1COC1CCCCO1. The van der Waals surface area contributed by atoms with Gasteiger partial charge in [0.25, 0.3) is 0 Å². The molecular weight excluding hydrogens is 270 g/mol. The molecule has 0 bridgehead atoms. The molecule has 0 radical (unpaired) electrons. The van der Waals surface area contributed by atoms with Gasteiger partial charge in [-0.3, -0.25) is 0 Å². The van der Waals surface area contributed by atoms with E-state index in [2.05, 4.69) is 5.16 Å². The van der Waals surface area contributed by atoms with E-state index in [9.17, 15) is 5.11 Å². The summed E-state index contributed by atoms with van der Waals surface area (Å²) in [6.45, 7) is 3.07. The second-order valence-electron chi connectivity index (χ2n) is 5.23. The fraction of sp³-hybridized carbons (Fsp3) is 0.438. The molecular formula is C16H19NO4. The number of rotatable bonds is 4. The Kier molecular flexibility index (Phi) is 4.22. The molecule has 1 saturated heterocycles. The van der Waals surface area contributed by atoms with Crippen molar-refractivity contribution in [1.82, 2.24) is 5.16 Å². The number of hydrogen-bond acceptors (Lipinski definition) is 5. The second kappa shape index (κ2) is 6.28. The van der Waals surface area contributed by atoms with E-state index < -0.39 is 0 Å². The van der Waals surface area contributed by atoms with Crippen LogP contribution in [0.1, 0.15) is 30.5 Å². The minimum absolute atomic E-state index is 0.138. The van der Waals surface area contributed by atoms with E-state index in [1.54, 1.807) is 24.3 Å². The van der Waals surface area contributed by atoms with Gasteiger partial charge in [0.15, 0.2) is 12.1 Å². The van der Waals surface area contributed by atoms with Gasteiger partial charge >= 0.3 is 0 Å². The fourth-order valence-corrected chi connectivity index (χ4v) is 2.42. The zero-order valence-corrected chi connectivity index (χ0v) is 12.0. The Hall–Kier alpha value is -1.85. The first-order valence-corrected chi connectivity index (χ1v) is 7.22. The van der Waals surface area contributed by atoms with Gasteiger partial charge in [-0.2, -0.15) is 0 Å². The van der Waals surface area contributed by atoms with E-state index >= 15 is 0 Å². The maximum absolute atomic E-state index is 9.36. The van der Waals surface area contributed by atoms with Gasteiger partial charge in [-0.15, -0.1) is 0 Å². The summed E-state index contributed by atoms with van der Waals surface area (Å²) in [5.74, 6) is 0.909. The molecule has 1 aromatic heterocycles. The molecule has 1 fully saturated rings. The lowest BCUT2D eigenvalue weighted by Gasteiger charge is -2.22. The first kappa shape index (κ1) is 14.1. The Balaban J connectivity index is 1.75. The molecule has 1 atom stereocenters. The minimum Gasteiger partial charge on any atom is -0.508 e. The summed E-state index contributed by atoms with van der Waals surface area (Å²) in [6.07, 6.45) is 3.03. The van der Waals surface area contributed by atoms with Gasteiger partial charge in [0.2, 0.25) is 0 Å². The maximum Gasteiger partial charge on any atom is 0.172 e. The third kappa shape index (κ3) is 3.25. The van der Waals surface area contributed by atoms with Gasteiger partial charge in [-0.1, -0.05) is 5.16 Å². The number of hydrogen-bond donors (Lipinski definition) is 1. The van der Waals surface area contributed by atoms with Crippen LogP contribution in [-0.2, 0) is 16.1 Å². The number of phenolic OH excluding ortho intramolecular Hbond substituents is 1. The van der Waals surface area contributed by atoms with Crippen molar-refractivity contribution in [2.75, 3.05) is 6.61 Å². The molecule has 0 aliphatic carbocycles. The molecule has 2 heterocycles. The Morgan fingerprint density at radius 2 is 2.10 bits per heavy atom. The van der Waals surface area contributed by atoms with E-state index in [-0.39, 0.29) is 12.0 Å². The number of aromatic hydroxyl groups is 1. The highest BCUT2D eigenvalue weighted by atomic mass is 16.7. The Morgan fingerprint density at radius 1 is 1.29 bits per heavy atom. The molecule has 2 aromatic rings. The monoisotopic (exact) mass is 289 g/mol. The molecule has 5 heteroatoms. The van der Waals surface area contributed by atoms with Gasteiger partial charge in [0, 0.05) is 17.7 Å².